The molecule has 20 heavy (non-hydrogen) atoms. The van der Waals surface area contributed by atoms with Crippen LogP contribution < -0.4 is 5.73 Å². The number of benzene rings is 1. The first-order chi connectivity index (χ1) is 9.53. The smallest absolute Gasteiger partial charge is 0.340 e. The maximum Gasteiger partial charge on any atom is 0.340 e. The summed E-state index contributed by atoms with van der Waals surface area (Å²) < 4.78 is 4.76. The summed E-state index contributed by atoms with van der Waals surface area (Å²) >= 11 is 0. The monoisotopic (exact) mass is 277 g/mol. The lowest BCUT2D eigenvalue weighted by Gasteiger charge is -2.35. The molecule has 0 bridgehead atoms. The van der Waals surface area contributed by atoms with Crippen molar-refractivity contribution in [3.8, 4) is 0 Å². The average molecular weight is 277 g/mol. The summed E-state index contributed by atoms with van der Waals surface area (Å²) in [6, 6.07) is 4.96. The van der Waals surface area contributed by atoms with Crippen molar-refractivity contribution < 1.29 is 19.4 Å². The van der Waals surface area contributed by atoms with Crippen LogP contribution in [0.5, 0.6) is 0 Å². The van der Waals surface area contributed by atoms with Gasteiger partial charge in [-0.05, 0) is 24.5 Å². The van der Waals surface area contributed by atoms with Crippen LogP contribution in [0.1, 0.15) is 48.0 Å². The minimum Gasteiger partial charge on any atom is -0.481 e. The van der Waals surface area contributed by atoms with Crippen molar-refractivity contribution in [1.82, 2.24) is 0 Å². The van der Waals surface area contributed by atoms with Crippen molar-refractivity contribution in [2.75, 3.05) is 12.8 Å². The van der Waals surface area contributed by atoms with Crippen LogP contribution in [-0.2, 0) is 14.9 Å². The quantitative estimate of drug-likeness (QED) is 0.653. The van der Waals surface area contributed by atoms with Crippen LogP contribution in [0.2, 0.25) is 0 Å². The van der Waals surface area contributed by atoms with Gasteiger partial charge in [-0.3, -0.25) is 4.79 Å². The molecule has 0 saturated heterocycles. The zero-order valence-corrected chi connectivity index (χ0v) is 11.5. The van der Waals surface area contributed by atoms with Gasteiger partial charge in [0.15, 0.2) is 0 Å². The normalized spacial score (nSPS) is 17.4. The molecular weight excluding hydrogens is 258 g/mol. The molecule has 1 aliphatic rings. The van der Waals surface area contributed by atoms with Gasteiger partial charge in [-0.1, -0.05) is 31.4 Å². The Hall–Kier alpha value is -2.04. The van der Waals surface area contributed by atoms with E-state index in [1.165, 1.54) is 7.11 Å². The molecule has 1 saturated carbocycles. The Balaban J connectivity index is 2.62. The molecule has 1 aromatic rings. The van der Waals surface area contributed by atoms with E-state index in [9.17, 15) is 14.7 Å². The van der Waals surface area contributed by atoms with E-state index in [0.29, 0.717) is 18.4 Å². The van der Waals surface area contributed by atoms with E-state index in [1.807, 2.05) is 0 Å². The molecule has 0 atom stereocenters. The molecule has 0 aromatic heterocycles. The lowest BCUT2D eigenvalue weighted by Crippen LogP contribution is -2.39. The number of carboxylic acids is 1. The number of carbonyl (C=O) groups is 2. The average Bonchev–Trinajstić information content (AvgIpc) is 2.46. The van der Waals surface area contributed by atoms with Crippen LogP contribution >= 0.6 is 0 Å². The van der Waals surface area contributed by atoms with E-state index >= 15 is 0 Å². The summed E-state index contributed by atoms with van der Waals surface area (Å²) in [5.41, 5.74) is 5.78. The second-order valence-electron chi connectivity index (χ2n) is 5.21. The molecular formula is C15H19NO4. The summed E-state index contributed by atoms with van der Waals surface area (Å²) in [4.78, 5) is 23.8. The first-order valence-corrected chi connectivity index (χ1v) is 6.73. The number of nitrogens with two attached hydrogens (primary N) is 1. The third-order valence-electron chi connectivity index (χ3n) is 4.12. The highest BCUT2D eigenvalue weighted by molar-refractivity contribution is 5.99. The zero-order chi connectivity index (χ0) is 14.8. The Morgan fingerprint density at radius 2 is 1.90 bits per heavy atom. The van der Waals surface area contributed by atoms with Gasteiger partial charge < -0.3 is 15.6 Å². The minimum atomic E-state index is -1.03. The molecule has 0 aliphatic heterocycles. The number of carboxylic acid groups (broad SMARTS) is 1. The second-order valence-corrected chi connectivity index (χ2v) is 5.21. The first-order valence-electron chi connectivity index (χ1n) is 6.73. The molecule has 3 N–H and O–H groups in total. The van der Waals surface area contributed by atoms with Crippen LogP contribution in [0.3, 0.4) is 0 Å². The Kier molecular flexibility index (Phi) is 3.97. The SMILES string of the molecule is COC(=O)c1c(N)cccc1C1(C(=O)O)CCCCC1. The number of aliphatic carboxylic acids is 1. The molecule has 0 amide bonds. The maximum atomic E-state index is 12.0. The van der Waals surface area contributed by atoms with Crippen LogP contribution in [0.4, 0.5) is 5.69 Å². The zero-order valence-electron chi connectivity index (χ0n) is 11.5. The second kappa shape index (κ2) is 5.53. The molecule has 1 fully saturated rings. The van der Waals surface area contributed by atoms with E-state index in [1.54, 1.807) is 18.2 Å². The standard InChI is InChI=1S/C15H19NO4/c1-20-13(17)12-10(6-5-7-11(12)16)15(14(18)19)8-3-2-4-9-15/h5-7H,2-4,8-9,16H2,1H3,(H,18,19). The number of hydrogen-bond acceptors (Lipinski definition) is 4. The summed E-state index contributed by atoms with van der Waals surface area (Å²) in [7, 11) is 1.27. The van der Waals surface area contributed by atoms with Crippen LogP contribution in [0.15, 0.2) is 18.2 Å². The number of esters is 1. The molecule has 1 aromatic carbocycles. The van der Waals surface area contributed by atoms with Crippen LogP contribution in [0.25, 0.3) is 0 Å². The number of rotatable bonds is 3. The van der Waals surface area contributed by atoms with E-state index in [-0.39, 0.29) is 11.3 Å². The summed E-state index contributed by atoms with van der Waals surface area (Å²) in [5, 5.41) is 9.72. The number of nitrogen functional groups attached to an aromatic ring is 1. The molecule has 0 heterocycles. The highest BCUT2D eigenvalue weighted by Crippen LogP contribution is 2.42. The number of ether oxygens (including phenoxy) is 1. The molecule has 0 unspecified atom stereocenters. The summed E-state index contributed by atoms with van der Waals surface area (Å²) in [6.07, 6.45) is 3.74. The van der Waals surface area contributed by atoms with E-state index in [0.717, 1.165) is 19.3 Å². The fraction of sp³-hybridized carbons (Fsp3) is 0.467. The predicted octanol–water partition coefficient (Wildman–Crippen LogP) is 2.34. The van der Waals surface area contributed by atoms with Gasteiger partial charge in [0.1, 0.15) is 0 Å². The van der Waals surface area contributed by atoms with Crippen molar-refractivity contribution >= 4 is 17.6 Å². The van der Waals surface area contributed by atoms with Gasteiger partial charge in [-0.25, -0.2) is 4.79 Å². The van der Waals surface area contributed by atoms with Crippen molar-refractivity contribution in [3.63, 3.8) is 0 Å². The molecule has 0 spiro atoms. The third-order valence-corrected chi connectivity index (χ3v) is 4.12. The lowest BCUT2D eigenvalue weighted by atomic mass is 9.68. The van der Waals surface area contributed by atoms with Crippen molar-refractivity contribution in [2.45, 2.75) is 37.5 Å². The Morgan fingerprint density at radius 1 is 1.25 bits per heavy atom. The third kappa shape index (κ3) is 2.24. The van der Waals surface area contributed by atoms with Crippen molar-refractivity contribution in [3.05, 3.63) is 29.3 Å². The Labute approximate surface area is 117 Å². The van der Waals surface area contributed by atoms with E-state index in [4.69, 9.17) is 10.5 Å². The summed E-state index contributed by atoms with van der Waals surface area (Å²) in [6.45, 7) is 0. The van der Waals surface area contributed by atoms with Crippen LogP contribution in [-0.4, -0.2) is 24.2 Å². The van der Waals surface area contributed by atoms with Crippen molar-refractivity contribution in [2.24, 2.45) is 0 Å². The van der Waals surface area contributed by atoms with Gasteiger partial charge in [0.25, 0.3) is 0 Å². The number of hydrogen-bond donors (Lipinski definition) is 2. The Bertz CT molecular complexity index is 533. The fourth-order valence-electron chi connectivity index (χ4n) is 3.05. The molecule has 2 rings (SSSR count). The highest BCUT2D eigenvalue weighted by Gasteiger charge is 2.44. The number of carbonyl (C=O) groups excluding carboxylic acids is 1. The molecule has 1 aliphatic carbocycles. The van der Waals surface area contributed by atoms with Gasteiger partial charge in [-0.15, -0.1) is 0 Å². The van der Waals surface area contributed by atoms with Gasteiger partial charge in [-0.2, -0.15) is 0 Å². The topological polar surface area (TPSA) is 89.6 Å². The van der Waals surface area contributed by atoms with Gasteiger partial charge in [0, 0.05) is 5.69 Å². The minimum absolute atomic E-state index is 0.194. The molecule has 0 radical (unpaired) electrons. The van der Waals surface area contributed by atoms with E-state index in [2.05, 4.69) is 0 Å². The van der Waals surface area contributed by atoms with Crippen LogP contribution in [0, 0.1) is 0 Å². The Morgan fingerprint density at radius 3 is 2.45 bits per heavy atom. The molecule has 108 valence electrons. The van der Waals surface area contributed by atoms with E-state index < -0.39 is 17.4 Å². The number of anilines is 1. The van der Waals surface area contributed by atoms with Gasteiger partial charge in [0.05, 0.1) is 18.1 Å². The number of methoxy groups -OCH3 is 1. The van der Waals surface area contributed by atoms with Gasteiger partial charge >= 0.3 is 11.9 Å². The van der Waals surface area contributed by atoms with Gasteiger partial charge in [0.2, 0.25) is 0 Å². The first kappa shape index (κ1) is 14.4. The maximum absolute atomic E-state index is 12.0. The lowest BCUT2D eigenvalue weighted by molar-refractivity contribution is -0.145. The van der Waals surface area contributed by atoms with Crippen molar-refractivity contribution in [1.29, 1.82) is 0 Å². The predicted molar refractivity (Wildman–Crippen MR) is 74.6 cm³/mol. The summed E-state index contributed by atoms with van der Waals surface area (Å²) in [5.74, 6) is -1.47. The molecule has 5 nitrogen and oxygen atoms in total. The molecule has 5 heteroatoms. The highest BCUT2D eigenvalue weighted by atomic mass is 16.5. The fourth-order valence-corrected chi connectivity index (χ4v) is 3.05. The largest absolute Gasteiger partial charge is 0.481 e.